The third-order valence-corrected chi connectivity index (χ3v) is 6.53. The molecule has 0 saturated carbocycles. The van der Waals surface area contributed by atoms with Gasteiger partial charge in [-0.3, -0.25) is 14.5 Å². The second-order valence-electron chi connectivity index (χ2n) is 7.52. The van der Waals surface area contributed by atoms with E-state index in [4.69, 9.17) is 0 Å². The van der Waals surface area contributed by atoms with Crippen molar-refractivity contribution >= 4 is 28.7 Å². The van der Waals surface area contributed by atoms with E-state index in [0.717, 1.165) is 36.7 Å². The van der Waals surface area contributed by atoms with E-state index in [0.29, 0.717) is 29.2 Å². The standard InChI is InChI=1S/C22H22F3N3O2S/c1-2-26-8-10-27(11-9-26)19-18(17-7-4-12-31-17)20(29)28(21(19)30)14-15-5-3-6-16(13-15)22(23,24)25/h3-7,12-13H,2,8-11,14H2,1H3. The van der Waals surface area contributed by atoms with Gasteiger partial charge in [0.25, 0.3) is 11.8 Å². The topological polar surface area (TPSA) is 43.9 Å². The van der Waals surface area contributed by atoms with E-state index in [9.17, 15) is 22.8 Å². The van der Waals surface area contributed by atoms with Crippen molar-refractivity contribution in [3.05, 3.63) is 63.5 Å². The van der Waals surface area contributed by atoms with Gasteiger partial charge in [0.15, 0.2) is 0 Å². The Labute approximate surface area is 182 Å². The zero-order chi connectivity index (χ0) is 22.2. The summed E-state index contributed by atoms with van der Waals surface area (Å²) in [5, 5.41) is 1.84. The molecule has 2 aliphatic heterocycles. The molecule has 9 heteroatoms. The van der Waals surface area contributed by atoms with Crippen LogP contribution in [-0.4, -0.2) is 59.2 Å². The third kappa shape index (κ3) is 4.24. The lowest BCUT2D eigenvalue weighted by Crippen LogP contribution is -2.47. The molecule has 164 valence electrons. The number of carbonyl (C=O) groups excluding carboxylic acids is 2. The van der Waals surface area contributed by atoms with Crippen molar-refractivity contribution in [2.45, 2.75) is 19.6 Å². The predicted molar refractivity (Wildman–Crippen MR) is 112 cm³/mol. The van der Waals surface area contributed by atoms with Crippen molar-refractivity contribution in [2.24, 2.45) is 0 Å². The summed E-state index contributed by atoms with van der Waals surface area (Å²) in [5.74, 6) is -0.909. The van der Waals surface area contributed by atoms with E-state index in [-0.39, 0.29) is 12.1 Å². The van der Waals surface area contributed by atoms with Crippen LogP contribution in [0.4, 0.5) is 13.2 Å². The lowest BCUT2D eigenvalue weighted by atomic mass is 10.1. The highest BCUT2D eigenvalue weighted by atomic mass is 32.1. The molecule has 0 spiro atoms. The van der Waals surface area contributed by atoms with Crippen molar-refractivity contribution in [1.29, 1.82) is 0 Å². The average Bonchev–Trinajstić information content (AvgIpc) is 3.36. The molecule has 5 nitrogen and oxygen atoms in total. The van der Waals surface area contributed by atoms with Gasteiger partial charge in [-0.15, -0.1) is 11.3 Å². The fraction of sp³-hybridized carbons (Fsp3) is 0.364. The first-order valence-corrected chi connectivity index (χ1v) is 11.0. The van der Waals surface area contributed by atoms with Crippen LogP contribution in [0.25, 0.3) is 5.57 Å². The number of alkyl halides is 3. The molecule has 1 saturated heterocycles. The molecule has 2 aliphatic rings. The number of hydrogen-bond acceptors (Lipinski definition) is 5. The van der Waals surface area contributed by atoms with E-state index in [2.05, 4.69) is 11.8 Å². The summed E-state index contributed by atoms with van der Waals surface area (Å²) in [6.07, 6.45) is -4.49. The van der Waals surface area contributed by atoms with Gasteiger partial charge >= 0.3 is 6.18 Å². The van der Waals surface area contributed by atoms with Gasteiger partial charge in [-0.05, 0) is 35.7 Å². The second-order valence-corrected chi connectivity index (χ2v) is 8.46. The highest BCUT2D eigenvalue weighted by molar-refractivity contribution is 7.11. The molecule has 2 amide bonds. The fourth-order valence-corrected chi connectivity index (χ4v) is 4.72. The Balaban J connectivity index is 1.64. The first-order valence-electron chi connectivity index (χ1n) is 10.1. The molecule has 0 bridgehead atoms. The first-order chi connectivity index (χ1) is 14.8. The molecule has 0 aliphatic carbocycles. The Morgan fingerprint density at radius 2 is 1.74 bits per heavy atom. The molecule has 4 rings (SSSR count). The Bertz CT molecular complexity index is 1010. The van der Waals surface area contributed by atoms with Crippen LogP contribution in [0, 0.1) is 0 Å². The van der Waals surface area contributed by atoms with Crippen molar-refractivity contribution in [3.63, 3.8) is 0 Å². The summed E-state index contributed by atoms with van der Waals surface area (Å²) < 4.78 is 39.3. The Hall–Kier alpha value is -2.65. The highest BCUT2D eigenvalue weighted by Crippen LogP contribution is 2.36. The molecule has 0 radical (unpaired) electrons. The number of likely N-dealkylation sites (N-methyl/N-ethyl adjacent to an activating group) is 1. The van der Waals surface area contributed by atoms with E-state index in [1.165, 1.54) is 23.5 Å². The Morgan fingerprint density at radius 1 is 1.00 bits per heavy atom. The lowest BCUT2D eigenvalue weighted by Gasteiger charge is -2.35. The van der Waals surface area contributed by atoms with Crippen molar-refractivity contribution in [1.82, 2.24) is 14.7 Å². The summed E-state index contributed by atoms with van der Waals surface area (Å²) >= 11 is 1.37. The molecule has 2 aromatic rings. The molecule has 3 heterocycles. The van der Waals surface area contributed by atoms with Crippen LogP contribution in [0.15, 0.2) is 47.5 Å². The van der Waals surface area contributed by atoms with Crippen LogP contribution in [0.5, 0.6) is 0 Å². The third-order valence-electron chi connectivity index (χ3n) is 5.64. The molecule has 1 fully saturated rings. The molecular formula is C22H22F3N3O2S. The van der Waals surface area contributed by atoms with Crippen LogP contribution in [0.1, 0.15) is 22.9 Å². The smallest absolute Gasteiger partial charge is 0.364 e. The molecule has 0 N–H and O–H groups in total. The largest absolute Gasteiger partial charge is 0.416 e. The van der Waals surface area contributed by atoms with Crippen molar-refractivity contribution in [2.75, 3.05) is 32.7 Å². The van der Waals surface area contributed by atoms with Crippen LogP contribution < -0.4 is 0 Å². The minimum Gasteiger partial charge on any atom is -0.364 e. The first kappa shape index (κ1) is 21.6. The zero-order valence-electron chi connectivity index (χ0n) is 17.0. The molecule has 0 unspecified atom stereocenters. The van der Waals surface area contributed by atoms with E-state index in [1.54, 1.807) is 6.07 Å². The van der Waals surface area contributed by atoms with E-state index < -0.39 is 23.6 Å². The van der Waals surface area contributed by atoms with Gasteiger partial charge < -0.3 is 9.80 Å². The molecule has 31 heavy (non-hydrogen) atoms. The van der Waals surface area contributed by atoms with E-state index >= 15 is 0 Å². The fourth-order valence-electron chi connectivity index (χ4n) is 3.96. The van der Waals surface area contributed by atoms with Gasteiger partial charge in [-0.2, -0.15) is 13.2 Å². The maximum absolute atomic E-state index is 13.3. The van der Waals surface area contributed by atoms with Crippen molar-refractivity contribution < 1.29 is 22.8 Å². The number of imide groups is 1. The average molecular weight is 449 g/mol. The minimum atomic E-state index is -4.49. The zero-order valence-corrected chi connectivity index (χ0v) is 17.8. The SMILES string of the molecule is CCN1CCN(C2=C(c3cccs3)C(=O)N(Cc3cccc(C(F)(F)F)c3)C2=O)CC1. The lowest BCUT2D eigenvalue weighted by molar-refractivity contribution is -0.138. The Morgan fingerprint density at radius 3 is 2.35 bits per heavy atom. The predicted octanol–water partition coefficient (Wildman–Crippen LogP) is 3.68. The number of piperazine rings is 1. The second kappa shape index (κ2) is 8.47. The summed E-state index contributed by atoms with van der Waals surface area (Å²) in [6, 6.07) is 8.36. The van der Waals surface area contributed by atoms with Gasteiger partial charge in [0.1, 0.15) is 5.70 Å². The normalized spacial score (nSPS) is 18.5. The minimum absolute atomic E-state index is 0.200. The number of rotatable bonds is 5. The van der Waals surface area contributed by atoms with Gasteiger partial charge in [0.05, 0.1) is 17.7 Å². The van der Waals surface area contributed by atoms with Crippen LogP contribution in [0.2, 0.25) is 0 Å². The van der Waals surface area contributed by atoms with Crippen LogP contribution in [-0.2, 0) is 22.3 Å². The van der Waals surface area contributed by atoms with Crippen molar-refractivity contribution in [3.8, 4) is 0 Å². The molecule has 1 aromatic carbocycles. The summed E-state index contributed by atoms with van der Waals surface area (Å²) in [5.41, 5.74) is 0.164. The number of thiophene rings is 1. The van der Waals surface area contributed by atoms with Gasteiger partial charge in [0.2, 0.25) is 0 Å². The van der Waals surface area contributed by atoms with Gasteiger partial charge in [-0.1, -0.05) is 25.1 Å². The number of halogens is 3. The number of nitrogens with zero attached hydrogens (tertiary/aromatic N) is 3. The van der Waals surface area contributed by atoms with E-state index in [1.807, 2.05) is 16.3 Å². The number of carbonyl (C=O) groups is 2. The van der Waals surface area contributed by atoms with Gasteiger partial charge in [0, 0.05) is 31.1 Å². The molecule has 0 atom stereocenters. The maximum atomic E-state index is 13.3. The summed E-state index contributed by atoms with van der Waals surface area (Å²) in [4.78, 5) is 32.6. The Kier molecular flexibility index (Phi) is 5.90. The monoisotopic (exact) mass is 449 g/mol. The number of hydrogen-bond donors (Lipinski definition) is 0. The van der Waals surface area contributed by atoms with Crippen LogP contribution >= 0.6 is 11.3 Å². The maximum Gasteiger partial charge on any atom is 0.416 e. The van der Waals surface area contributed by atoms with Gasteiger partial charge in [-0.25, -0.2) is 0 Å². The summed E-state index contributed by atoms with van der Waals surface area (Å²) in [6.45, 7) is 5.60. The number of amides is 2. The molecular weight excluding hydrogens is 427 g/mol. The highest BCUT2D eigenvalue weighted by Gasteiger charge is 2.42. The summed E-state index contributed by atoms with van der Waals surface area (Å²) in [7, 11) is 0. The molecule has 1 aromatic heterocycles. The quantitative estimate of drug-likeness (QED) is 0.654. The van der Waals surface area contributed by atoms with Crippen LogP contribution in [0.3, 0.4) is 0 Å². The number of benzene rings is 1.